The number of ether oxygens (including phenoxy) is 1. The number of piperidine rings is 1. The van der Waals surface area contributed by atoms with E-state index in [2.05, 4.69) is 28.4 Å². The summed E-state index contributed by atoms with van der Waals surface area (Å²) in [6.07, 6.45) is 4.28. The SMILES string of the molecule is N#Cc1ccc2c(c1)[C@@H]1CCCN(CCCCNC(=O)c3ccc(-c4ccccc4)cc3)[C@H]1CO2. The summed E-state index contributed by atoms with van der Waals surface area (Å²) in [5.74, 6) is 1.35. The molecular weight excluding hydrogens is 434 g/mol. The Kier molecular flexibility index (Phi) is 7.11. The van der Waals surface area contributed by atoms with Gasteiger partial charge in [-0.05, 0) is 80.2 Å². The van der Waals surface area contributed by atoms with Crippen LogP contribution in [0.4, 0.5) is 0 Å². The normalized spacial score (nSPS) is 19.1. The number of carbonyl (C=O) groups excluding carboxylic acids is 1. The van der Waals surface area contributed by atoms with Gasteiger partial charge in [0, 0.05) is 23.6 Å². The first-order valence-corrected chi connectivity index (χ1v) is 12.6. The van der Waals surface area contributed by atoms with Gasteiger partial charge in [0.15, 0.2) is 0 Å². The Hall–Kier alpha value is -3.62. The molecule has 1 fully saturated rings. The number of amides is 1. The molecule has 2 heterocycles. The van der Waals surface area contributed by atoms with Crippen molar-refractivity contribution >= 4 is 5.91 Å². The maximum Gasteiger partial charge on any atom is 0.251 e. The lowest BCUT2D eigenvalue weighted by Gasteiger charge is -2.44. The highest BCUT2D eigenvalue weighted by Gasteiger charge is 2.37. The van der Waals surface area contributed by atoms with E-state index in [1.807, 2.05) is 60.7 Å². The van der Waals surface area contributed by atoms with Gasteiger partial charge in [-0.2, -0.15) is 5.26 Å². The molecule has 5 heteroatoms. The van der Waals surface area contributed by atoms with Crippen LogP contribution in [0, 0.1) is 11.3 Å². The van der Waals surface area contributed by atoms with Crippen LogP contribution in [-0.4, -0.2) is 43.1 Å². The minimum Gasteiger partial charge on any atom is -0.492 e. The van der Waals surface area contributed by atoms with Gasteiger partial charge in [0.2, 0.25) is 0 Å². The van der Waals surface area contributed by atoms with Crippen LogP contribution in [0.5, 0.6) is 5.75 Å². The average Bonchev–Trinajstić information content (AvgIpc) is 2.93. The largest absolute Gasteiger partial charge is 0.492 e. The molecule has 1 N–H and O–H groups in total. The summed E-state index contributed by atoms with van der Waals surface area (Å²) >= 11 is 0. The van der Waals surface area contributed by atoms with E-state index < -0.39 is 0 Å². The number of hydrogen-bond donors (Lipinski definition) is 1. The van der Waals surface area contributed by atoms with Gasteiger partial charge in [0.25, 0.3) is 5.91 Å². The summed E-state index contributed by atoms with van der Waals surface area (Å²) < 4.78 is 6.06. The lowest BCUT2D eigenvalue weighted by molar-refractivity contribution is 0.0645. The highest BCUT2D eigenvalue weighted by Crippen LogP contribution is 2.41. The fourth-order valence-corrected chi connectivity index (χ4v) is 5.39. The van der Waals surface area contributed by atoms with Crippen LogP contribution in [0.3, 0.4) is 0 Å². The number of benzene rings is 3. The van der Waals surface area contributed by atoms with E-state index in [0.717, 1.165) is 55.6 Å². The van der Waals surface area contributed by atoms with Crippen molar-refractivity contribution in [2.45, 2.75) is 37.6 Å². The molecule has 178 valence electrons. The van der Waals surface area contributed by atoms with Crippen molar-refractivity contribution in [1.82, 2.24) is 10.2 Å². The molecule has 3 aromatic rings. The Balaban J connectivity index is 1.09. The third-order valence-electron chi connectivity index (χ3n) is 7.25. The Morgan fingerprint density at radius 3 is 2.63 bits per heavy atom. The summed E-state index contributed by atoms with van der Waals surface area (Å²) in [6.45, 7) is 3.46. The maximum atomic E-state index is 12.6. The molecular formula is C30H31N3O2. The molecule has 3 aromatic carbocycles. The van der Waals surface area contributed by atoms with Crippen LogP contribution in [0.15, 0.2) is 72.8 Å². The standard InChI is InChI=1S/C30H31N3O2/c31-20-22-10-15-29-27(19-22)26-9-6-18-33(28(26)21-35-29)17-5-4-16-32-30(34)25-13-11-24(12-14-25)23-7-2-1-3-8-23/h1-3,7-8,10-15,19,26,28H,4-6,9,16-18,21H2,(H,32,34)/t26-,28-/m0/s1. The summed E-state index contributed by atoms with van der Waals surface area (Å²) in [4.78, 5) is 15.1. The van der Waals surface area contributed by atoms with Gasteiger partial charge in [-0.1, -0.05) is 42.5 Å². The molecule has 2 aliphatic rings. The number of unbranched alkanes of at least 4 members (excludes halogenated alkanes) is 1. The van der Waals surface area contributed by atoms with E-state index in [9.17, 15) is 10.1 Å². The monoisotopic (exact) mass is 465 g/mol. The second kappa shape index (κ2) is 10.8. The first-order chi connectivity index (χ1) is 17.2. The van der Waals surface area contributed by atoms with Crippen molar-refractivity contribution in [3.05, 3.63) is 89.5 Å². The van der Waals surface area contributed by atoms with E-state index in [-0.39, 0.29) is 5.91 Å². The Morgan fingerprint density at radius 1 is 1.03 bits per heavy atom. The predicted octanol–water partition coefficient (Wildman–Crippen LogP) is 5.38. The number of hydrogen-bond acceptors (Lipinski definition) is 4. The zero-order valence-corrected chi connectivity index (χ0v) is 20.0. The van der Waals surface area contributed by atoms with E-state index in [4.69, 9.17) is 4.74 Å². The van der Waals surface area contributed by atoms with Crippen LogP contribution in [0.2, 0.25) is 0 Å². The van der Waals surface area contributed by atoms with Crippen LogP contribution < -0.4 is 10.1 Å². The molecule has 0 spiro atoms. The number of carbonyl (C=O) groups is 1. The van der Waals surface area contributed by atoms with Crippen molar-refractivity contribution in [1.29, 1.82) is 5.26 Å². The molecule has 0 aliphatic carbocycles. The van der Waals surface area contributed by atoms with Crippen LogP contribution in [-0.2, 0) is 0 Å². The summed E-state index contributed by atoms with van der Waals surface area (Å²) in [7, 11) is 0. The third-order valence-corrected chi connectivity index (χ3v) is 7.25. The van der Waals surface area contributed by atoms with E-state index >= 15 is 0 Å². The van der Waals surface area contributed by atoms with E-state index in [1.165, 1.54) is 5.56 Å². The number of nitrogens with zero attached hydrogens (tertiary/aromatic N) is 2. The summed E-state index contributed by atoms with van der Waals surface area (Å²) in [6, 6.07) is 26.4. The smallest absolute Gasteiger partial charge is 0.251 e. The first kappa shape index (κ1) is 23.1. The number of rotatable bonds is 7. The second-order valence-electron chi connectivity index (χ2n) is 9.43. The number of fused-ring (bicyclic) bond motifs is 3. The van der Waals surface area contributed by atoms with Crippen molar-refractivity contribution in [2.75, 3.05) is 26.2 Å². The van der Waals surface area contributed by atoms with Gasteiger partial charge in [0.05, 0.1) is 17.7 Å². The first-order valence-electron chi connectivity index (χ1n) is 12.6. The zero-order chi connectivity index (χ0) is 24.0. The number of nitriles is 1. The molecule has 35 heavy (non-hydrogen) atoms. The van der Waals surface area contributed by atoms with Crippen LogP contribution in [0.1, 0.15) is 53.1 Å². The lowest BCUT2D eigenvalue weighted by atomic mass is 9.81. The Bertz CT molecular complexity index is 1200. The average molecular weight is 466 g/mol. The lowest BCUT2D eigenvalue weighted by Crippen LogP contribution is -2.49. The Labute approximate surface area is 207 Å². The molecule has 0 aromatic heterocycles. The van der Waals surface area contributed by atoms with Gasteiger partial charge in [-0.25, -0.2) is 0 Å². The molecule has 5 rings (SSSR count). The van der Waals surface area contributed by atoms with Crippen molar-refractivity contribution in [3.8, 4) is 22.9 Å². The number of likely N-dealkylation sites (tertiary alicyclic amines) is 1. The third kappa shape index (κ3) is 5.23. The molecule has 0 bridgehead atoms. The van der Waals surface area contributed by atoms with Gasteiger partial charge in [-0.15, -0.1) is 0 Å². The molecule has 2 aliphatic heterocycles. The van der Waals surface area contributed by atoms with E-state index in [1.54, 1.807) is 0 Å². The topological polar surface area (TPSA) is 65.4 Å². The molecule has 5 nitrogen and oxygen atoms in total. The van der Waals surface area contributed by atoms with E-state index in [0.29, 0.717) is 36.2 Å². The quantitative estimate of drug-likeness (QED) is 0.476. The van der Waals surface area contributed by atoms with Crippen LogP contribution >= 0.6 is 0 Å². The molecule has 0 unspecified atom stereocenters. The zero-order valence-electron chi connectivity index (χ0n) is 20.0. The predicted molar refractivity (Wildman–Crippen MR) is 137 cm³/mol. The van der Waals surface area contributed by atoms with Crippen molar-refractivity contribution < 1.29 is 9.53 Å². The second-order valence-corrected chi connectivity index (χ2v) is 9.43. The van der Waals surface area contributed by atoms with Gasteiger partial charge in [-0.3, -0.25) is 9.69 Å². The fourth-order valence-electron chi connectivity index (χ4n) is 5.39. The highest BCUT2D eigenvalue weighted by molar-refractivity contribution is 5.94. The van der Waals surface area contributed by atoms with Crippen molar-refractivity contribution in [3.63, 3.8) is 0 Å². The molecule has 1 saturated heterocycles. The van der Waals surface area contributed by atoms with Gasteiger partial charge >= 0.3 is 0 Å². The van der Waals surface area contributed by atoms with Crippen LogP contribution in [0.25, 0.3) is 11.1 Å². The highest BCUT2D eigenvalue weighted by atomic mass is 16.5. The minimum atomic E-state index is -0.0202. The molecule has 0 saturated carbocycles. The maximum absolute atomic E-state index is 12.6. The minimum absolute atomic E-state index is 0.0202. The molecule has 1 amide bonds. The van der Waals surface area contributed by atoms with Crippen molar-refractivity contribution in [2.24, 2.45) is 0 Å². The summed E-state index contributed by atoms with van der Waals surface area (Å²) in [5, 5.41) is 12.4. The molecule has 2 atom stereocenters. The molecule has 0 radical (unpaired) electrons. The number of nitrogens with one attached hydrogen (secondary N) is 1. The summed E-state index contributed by atoms with van der Waals surface area (Å²) in [5.41, 5.74) is 4.85. The van der Waals surface area contributed by atoms with Gasteiger partial charge in [0.1, 0.15) is 12.4 Å². The van der Waals surface area contributed by atoms with Gasteiger partial charge < -0.3 is 10.1 Å². The fraction of sp³-hybridized carbons (Fsp3) is 0.333. The Morgan fingerprint density at radius 2 is 1.83 bits per heavy atom.